The van der Waals surface area contributed by atoms with Gasteiger partial charge >= 0.3 is 0 Å². The summed E-state index contributed by atoms with van der Waals surface area (Å²) in [4.78, 5) is 31.8. The number of nitrogens with zero attached hydrogens (tertiary/aromatic N) is 3. The number of rotatable bonds is 3. The van der Waals surface area contributed by atoms with Gasteiger partial charge in [-0.1, -0.05) is 0 Å². The zero-order chi connectivity index (χ0) is 17.6. The molecule has 0 saturated heterocycles. The molecule has 4 rings (SSSR count). The first-order chi connectivity index (χ1) is 12.0. The van der Waals surface area contributed by atoms with E-state index in [2.05, 4.69) is 36.3 Å². The normalized spacial score (nSPS) is 13.0. The summed E-state index contributed by atoms with van der Waals surface area (Å²) in [6.07, 6.45) is 2.44. The Balaban J connectivity index is 1.71. The van der Waals surface area contributed by atoms with E-state index in [1.54, 1.807) is 25.1 Å². The van der Waals surface area contributed by atoms with E-state index < -0.39 is 5.91 Å². The van der Waals surface area contributed by atoms with E-state index in [4.69, 9.17) is 4.42 Å². The number of aromatic nitrogens is 4. The minimum Gasteiger partial charge on any atom is -0.444 e. The molecule has 1 aliphatic carbocycles. The number of carbonyl (C=O) groups is 1. The molecule has 25 heavy (non-hydrogen) atoms. The number of nitrogens with one attached hydrogen (secondary N) is 2. The molecule has 1 amide bonds. The number of amides is 1. The summed E-state index contributed by atoms with van der Waals surface area (Å²) >= 11 is 3.16. The average molecular weight is 404 g/mol. The first-order valence-electron chi connectivity index (χ1n) is 7.77. The quantitative estimate of drug-likeness (QED) is 0.697. The standard InChI is InChI=1S/C16H14BrN5O3/c1-8-7-13(19-15(24)11-5-6-12(17)25-11)22(21-8)16-18-10-4-2-3-9(10)14(23)20-16/h5-7H,2-4H2,1H3,(H,19,24)(H,18,20,23). The largest absolute Gasteiger partial charge is 0.444 e. The molecule has 0 aromatic carbocycles. The van der Waals surface area contributed by atoms with Crippen molar-refractivity contribution in [2.24, 2.45) is 0 Å². The lowest BCUT2D eigenvalue weighted by atomic mass is 10.3. The molecule has 3 heterocycles. The zero-order valence-corrected chi connectivity index (χ0v) is 14.9. The fourth-order valence-electron chi connectivity index (χ4n) is 2.89. The SMILES string of the molecule is Cc1cc(NC(=O)c2ccc(Br)o2)n(-c2nc3c(c(=O)[nH]2)CCC3)n1. The van der Waals surface area contributed by atoms with Crippen LogP contribution < -0.4 is 10.9 Å². The van der Waals surface area contributed by atoms with Crippen LogP contribution in [0.15, 0.2) is 32.1 Å². The maximum Gasteiger partial charge on any atom is 0.292 e. The Morgan fingerprint density at radius 1 is 1.40 bits per heavy atom. The van der Waals surface area contributed by atoms with Gasteiger partial charge in [0.15, 0.2) is 10.4 Å². The predicted octanol–water partition coefficient (Wildman–Crippen LogP) is 2.36. The molecular weight excluding hydrogens is 390 g/mol. The van der Waals surface area contributed by atoms with Crippen molar-refractivity contribution < 1.29 is 9.21 Å². The Kier molecular flexibility index (Phi) is 3.79. The lowest BCUT2D eigenvalue weighted by Crippen LogP contribution is -2.21. The van der Waals surface area contributed by atoms with Crippen molar-refractivity contribution in [1.82, 2.24) is 19.7 Å². The fourth-order valence-corrected chi connectivity index (χ4v) is 3.20. The predicted molar refractivity (Wildman–Crippen MR) is 93.1 cm³/mol. The monoisotopic (exact) mass is 403 g/mol. The lowest BCUT2D eigenvalue weighted by Gasteiger charge is -2.08. The van der Waals surface area contributed by atoms with Crippen LogP contribution in [-0.2, 0) is 12.8 Å². The van der Waals surface area contributed by atoms with Crippen LogP contribution in [0.1, 0.15) is 33.9 Å². The van der Waals surface area contributed by atoms with Crippen LogP contribution in [0.3, 0.4) is 0 Å². The molecule has 0 saturated carbocycles. The van der Waals surface area contributed by atoms with Crippen molar-refractivity contribution in [3.05, 3.63) is 55.9 Å². The summed E-state index contributed by atoms with van der Waals surface area (Å²) in [5, 5.41) is 7.06. The number of H-pyrrole nitrogens is 1. The number of anilines is 1. The van der Waals surface area contributed by atoms with Gasteiger partial charge in [-0.25, -0.2) is 4.98 Å². The van der Waals surface area contributed by atoms with Gasteiger partial charge in [0, 0.05) is 11.6 Å². The topological polar surface area (TPSA) is 106 Å². The lowest BCUT2D eigenvalue weighted by molar-refractivity contribution is 0.0994. The second kappa shape index (κ2) is 5.99. The van der Waals surface area contributed by atoms with Crippen molar-refractivity contribution in [3.63, 3.8) is 0 Å². The van der Waals surface area contributed by atoms with Crippen molar-refractivity contribution in [3.8, 4) is 5.95 Å². The van der Waals surface area contributed by atoms with E-state index in [9.17, 15) is 9.59 Å². The third kappa shape index (κ3) is 2.91. The molecule has 9 heteroatoms. The molecule has 0 fully saturated rings. The Bertz CT molecular complexity index is 1030. The van der Waals surface area contributed by atoms with Crippen LogP contribution in [0.5, 0.6) is 0 Å². The van der Waals surface area contributed by atoms with Crippen molar-refractivity contribution in [2.75, 3.05) is 5.32 Å². The van der Waals surface area contributed by atoms with E-state index in [1.165, 1.54) is 4.68 Å². The average Bonchev–Trinajstić information content (AvgIpc) is 3.27. The summed E-state index contributed by atoms with van der Waals surface area (Å²) < 4.78 is 7.14. The number of fused-ring (bicyclic) bond motifs is 1. The van der Waals surface area contributed by atoms with Gasteiger partial charge in [-0.3, -0.25) is 14.6 Å². The number of hydrogen-bond donors (Lipinski definition) is 2. The molecule has 0 spiro atoms. The Morgan fingerprint density at radius 3 is 3.00 bits per heavy atom. The third-order valence-corrected chi connectivity index (χ3v) is 4.43. The molecule has 1 aliphatic rings. The molecule has 128 valence electrons. The molecule has 0 atom stereocenters. The number of aryl methyl sites for hydroxylation is 2. The van der Waals surface area contributed by atoms with Crippen molar-refractivity contribution >= 4 is 27.7 Å². The maximum absolute atomic E-state index is 12.3. The van der Waals surface area contributed by atoms with Gasteiger partial charge in [0.05, 0.1) is 11.4 Å². The highest BCUT2D eigenvalue weighted by atomic mass is 79.9. The van der Waals surface area contributed by atoms with Gasteiger partial charge in [0.1, 0.15) is 5.82 Å². The van der Waals surface area contributed by atoms with Gasteiger partial charge in [-0.2, -0.15) is 9.78 Å². The first-order valence-corrected chi connectivity index (χ1v) is 8.56. The number of halogens is 1. The fraction of sp³-hybridized carbons (Fsp3) is 0.250. The first kappa shape index (κ1) is 15.8. The molecule has 0 bridgehead atoms. The van der Waals surface area contributed by atoms with Gasteiger partial charge in [-0.15, -0.1) is 0 Å². The summed E-state index contributed by atoms with van der Waals surface area (Å²) in [7, 11) is 0. The zero-order valence-electron chi connectivity index (χ0n) is 13.3. The number of aromatic amines is 1. The van der Waals surface area contributed by atoms with E-state index in [0.717, 1.165) is 30.5 Å². The summed E-state index contributed by atoms with van der Waals surface area (Å²) in [5.74, 6) is 0.425. The molecule has 0 radical (unpaired) electrons. The highest BCUT2D eigenvalue weighted by Crippen LogP contribution is 2.20. The molecule has 3 aromatic rings. The van der Waals surface area contributed by atoms with Crippen LogP contribution in [0, 0.1) is 6.92 Å². The smallest absolute Gasteiger partial charge is 0.292 e. The Labute approximate surface area is 150 Å². The van der Waals surface area contributed by atoms with Crippen LogP contribution in [0.2, 0.25) is 0 Å². The van der Waals surface area contributed by atoms with Crippen LogP contribution >= 0.6 is 15.9 Å². The summed E-state index contributed by atoms with van der Waals surface area (Å²) in [6.45, 7) is 1.79. The molecule has 2 N–H and O–H groups in total. The van der Waals surface area contributed by atoms with E-state index >= 15 is 0 Å². The van der Waals surface area contributed by atoms with Gasteiger partial charge < -0.3 is 9.73 Å². The molecular formula is C16H14BrN5O3. The minimum absolute atomic E-state index is 0.155. The van der Waals surface area contributed by atoms with E-state index in [0.29, 0.717) is 16.2 Å². The Morgan fingerprint density at radius 2 is 2.24 bits per heavy atom. The summed E-state index contributed by atoms with van der Waals surface area (Å²) in [6, 6.07) is 4.89. The van der Waals surface area contributed by atoms with Crippen molar-refractivity contribution in [1.29, 1.82) is 0 Å². The molecule has 8 nitrogen and oxygen atoms in total. The van der Waals surface area contributed by atoms with E-state index in [-0.39, 0.29) is 17.3 Å². The molecule has 3 aromatic heterocycles. The third-order valence-electron chi connectivity index (χ3n) is 4.00. The van der Waals surface area contributed by atoms with Crippen LogP contribution in [0.25, 0.3) is 5.95 Å². The number of carbonyl (C=O) groups excluding carboxylic acids is 1. The van der Waals surface area contributed by atoms with Crippen LogP contribution in [0.4, 0.5) is 5.82 Å². The highest BCUT2D eigenvalue weighted by molar-refractivity contribution is 9.10. The second-order valence-corrected chi connectivity index (χ2v) is 6.59. The number of furan rings is 1. The Hall–Kier alpha value is -2.68. The van der Waals surface area contributed by atoms with Crippen molar-refractivity contribution in [2.45, 2.75) is 26.2 Å². The van der Waals surface area contributed by atoms with E-state index in [1.807, 2.05) is 0 Å². The summed E-state index contributed by atoms with van der Waals surface area (Å²) in [5.41, 5.74) is 2.05. The van der Waals surface area contributed by atoms with Crippen LogP contribution in [-0.4, -0.2) is 25.7 Å². The maximum atomic E-state index is 12.3. The minimum atomic E-state index is -0.421. The van der Waals surface area contributed by atoms with Gasteiger partial charge in [0.25, 0.3) is 11.5 Å². The van der Waals surface area contributed by atoms with Gasteiger partial charge in [0.2, 0.25) is 5.95 Å². The number of hydrogen-bond acceptors (Lipinski definition) is 5. The molecule has 0 unspecified atom stereocenters. The van der Waals surface area contributed by atoms with Gasteiger partial charge in [-0.05, 0) is 54.2 Å². The highest BCUT2D eigenvalue weighted by Gasteiger charge is 2.20. The second-order valence-electron chi connectivity index (χ2n) is 5.81. The molecule has 0 aliphatic heterocycles.